The lowest BCUT2D eigenvalue weighted by Gasteiger charge is -2.14. The molecular weight excluding hydrogens is 224 g/mol. The average Bonchev–Trinajstić information content (AvgIpc) is 2.57. The quantitative estimate of drug-likeness (QED) is 0.853. The number of carbonyl (C=O) groups is 1. The van der Waals surface area contributed by atoms with E-state index in [1.807, 2.05) is 18.9 Å². The molecule has 0 aliphatic carbocycles. The Labute approximate surface area is 98.7 Å². The molecule has 4 nitrogen and oxygen atoms in total. The SMILES string of the molecule is Cc1sc(C(=O)O)cc1CN(C)CCC#N. The Morgan fingerprint density at radius 1 is 1.69 bits per heavy atom. The molecule has 0 radical (unpaired) electrons. The molecule has 1 heterocycles. The lowest BCUT2D eigenvalue weighted by atomic mass is 10.2. The highest BCUT2D eigenvalue weighted by Gasteiger charge is 2.12. The fraction of sp³-hybridized carbons (Fsp3) is 0.455. The van der Waals surface area contributed by atoms with Gasteiger partial charge in [0.1, 0.15) is 4.88 Å². The molecule has 16 heavy (non-hydrogen) atoms. The number of carboxylic acid groups (broad SMARTS) is 1. The highest BCUT2D eigenvalue weighted by Crippen LogP contribution is 2.22. The number of rotatable bonds is 5. The van der Waals surface area contributed by atoms with Crippen molar-refractivity contribution in [3.8, 4) is 6.07 Å². The van der Waals surface area contributed by atoms with E-state index < -0.39 is 5.97 Å². The summed E-state index contributed by atoms with van der Waals surface area (Å²) in [6.07, 6.45) is 0.492. The zero-order valence-corrected chi connectivity index (χ0v) is 10.2. The van der Waals surface area contributed by atoms with Crippen molar-refractivity contribution in [1.29, 1.82) is 5.26 Å². The minimum atomic E-state index is -0.876. The van der Waals surface area contributed by atoms with Crippen LogP contribution in [-0.2, 0) is 6.54 Å². The van der Waals surface area contributed by atoms with Gasteiger partial charge in [0.15, 0.2) is 0 Å². The Morgan fingerprint density at radius 2 is 2.38 bits per heavy atom. The van der Waals surface area contributed by atoms with Crippen LogP contribution in [0.25, 0.3) is 0 Å². The van der Waals surface area contributed by atoms with E-state index in [-0.39, 0.29) is 0 Å². The molecule has 5 heteroatoms. The Balaban J connectivity index is 2.67. The number of nitrogens with zero attached hydrogens (tertiary/aromatic N) is 2. The first-order valence-corrected chi connectivity index (χ1v) is 5.74. The lowest BCUT2D eigenvalue weighted by Crippen LogP contribution is -2.18. The summed E-state index contributed by atoms with van der Waals surface area (Å²) in [7, 11) is 1.93. The molecule has 0 aliphatic rings. The van der Waals surface area contributed by atoms with Crippen LogP contribution in [0.1, 0.15) is 26.5 Å². The van der Waals surface area contributed by atoms with Crippen molar-refractivity contribution in [3.05, 3.63) is 21.4 Å². The third-order valence-corrected chi connectivity index (χ3v) is 3.36. The van der Waals surface area contributed by atoms with Gasteiger partial charge in [0.2, 0.25) is 0 Å². The molecule has 86 valence electrons. The Bertz CT molecular complexity index is 420. The number of nitriles is 1. The summed E-state index contributed by atoms with van der Waals surface area (Å²) in [5, 5.41) is 17.3. The van der Waals surface area contributed by atoms with Crippen molar-refractivity contribution in [2.75, 3.05) is 13.6 Å². The van der Waals surface area contributed by atoms with Crippen LogP contribution < -0.4 is 0 Å². The van der Waals surface area contributed by atoms with E-state index in [2.05, 4.69) is 6.07 Å². The van der Waals surface area contributed by atoms with Crippen molar-refractivity contribution in [3.63, 3.8) is 0 Å². The van der Waals surface area contributed by atoms with E-state index in [9.17, 15) is 4.79 Å². The Hall–Kier alpha value is -1.38. The molecular formula is C11H14N2O2S. The van der Waals surface area contributed by atoms with E-state index in [1.165, 1.54) is 11.3 Å². The maximum absolute atomic E-state index is 10.8. The van der Waals surface area contributed by atoms with Gasteiger partial charge in [-0.15, -0.1) is 11.3 Å². The van der Waals surface area contributed by atoms with Gasteiger partial charge in [-0.3, -0.25) is 0 Å². The van der Waals surface area contributed by atoms with Gasteiger partial charge in [-0.05, 0) is 25.6 Å². The largest absolute Gasteiger partial charge is 0.477 e. The fourth-order valence-corrected chi connectivity index (χ4v) is 2.27. The molecule has 1 N–H and O–H groups in total. The first-order chi connectivity index (χ1) is 7.54. The molecule has 0 aromatic carbocycles. The number of hydrogen-bond acceptors (Lipinski definition) is 4. The van der Waals surface area contributed by atoms with Gasteiger partial charge >= 0.3 is 5.97 Å². The molecule has 0 bridgehead atoms. The molecule has 0 atom stereocenters. The highest BCUT2D eigenvalue weighted by molar-refractivity contribution is 7.14. The van der Waals surface area contributed by atoms with Crippen molar-refractivity contribution >= 4 is 17.3 Å². The van der Waals surface area contributed by atoms with Gasteiger partial charge < -0.3 is 10.0 Å². The van der Waals surface area contributed by atoms with Crippen molar-refractivity contribution in [2.24, 2.45) is 0 Å². The molecule has 0 amide bonds. The maximum atomic E-state index is 10.8. The molecule has 0 saturated carbocycles. The van der Waals surface area contributed by atoms with Crippen LogP contribution in [0.15, 0.2) is 6.07 Å². The van der Waals surface area contributed by atoms with Crippen LogP contribution in [0.3, 0.4) is 0 Å². The second kappa shape index (κ2) is 5.64. The summed E-state index contributed by atoms with van der Waals surface area (Å²) in [5.74, 6) is -0.876. The number of hydrogen-bond donors (Lipinski definition) is 1. The molecule has 0 unspecified atom stereocenters. The monoisotopic (exact) mass is 238 g/mol. The van der Waals surface area contributed by atoms with Gasteiger partial charge in [0.25, 0.3) is 0 Å². The number of aryl methyl sites for hydroxylation is 1. The molecule has 0 fully saturated rings. The third-order valence-electron chi connectivity index (χ3n) is 2.28. The fourth-order valence-electron chi connectivity index (χ4n) is 1.39. The van der Waals surface area contributed by atoms with Crippen LogP contribution >= 0.6 is 11.3 Å². The van der Waals surface area contributed by atoms with Crippen molar-refractivity contribution in [2.45, 2.75) is 19.9 Å². The second-order valence-corrected chi connectivity index (χ2v) is 4.90. The topological polar surface area (TPSA) is 64.3 Å². The summed E-state index contributed by atoms with van der Waals surface area (Å²) in [6, 6.07) is 3.80. The summed E-state index contributed by atoms with van der Waals surface area (Å²) < 4.78 is 0. The Morgan fingerprint density at radius 3 is 2.88 bits per heavy atom. The first-order valence-electron chi connectivity index (χ1n) is 4.92. The van der Waals surface area contributed by atoms with E-state index in [1.54, 1.807) is 6.07 Å². The third kappa shape index (κ3) is 3.33. The van der Waals surface area contributed by atoms with Crippen molar-refractivity contribution < 1.29 is 9.90 Å². The number of aromatic carboxylic acids is 1. The van der Waals surface area contributed by atoms with Crippen LogP contribution in [0.5, 0.6) is 0 Å². The van der Waals surface area contributed by atoms with E-state index in [0.717, 1.165) is 10.4 Å². The summed E-state index contributed by atoms with van der Waals surface area (Å²) in [6.45, 7) is 3.32. The summed E-state index contributed by atoms with van der Waals surface area (Å²) in [4.78, 5) is 14.2. The second-order valence-electron chi connectivity index (χ2n) is 3.64. The molecule has 0 aliphatic heterocycles. The lowest BCUT2D eigenvalue weighted by molar-refractivity contribution is 0.0702. The van der Waals surface area contributed by atoms with E-state index in [0.29, 0.717) is 24.4 Å². The minimum absolute atomic E-state index is 0.376. The van der Waals surface area contributed by atoms with E-state index >= 15 is 0 Å². The summed E-state index contributed by atoms with van der Waals surface area (Å²) >= 11 is 1.30. The van der Waals surface area contributed by atoms with Crippen LogP contribution in [-0.4, -0.2) is 29.6 Å². The van der Waals surface area contributed by atoms with E-state index in [4.69, 9.17) is 10.4 Å². The van der Waals surface area contributed by atoms with Gasteiger partial charge in [-0.2, -0.15) is 5.26 Å². The van der Waals surface area contributed by atoms with Crippen LogP contribution in [0, 0.1) is 18.3 Å². The molecule has 1 aromatic rings. The number of carboxylic acids is 1. The van der Waals surface area contributed by atoms with Gasteiger partial charge in [-0.25, -0.2) is 4.79 Å². The highest BCUT2D eigenvalue weighted by atomic mass is 32.1. The normalized spacial score (nSPS) is 10.4. The van der Waals surface area contributed by atoms with Crippen LogP contribution in [0.2, 0.25) is 0 Å². The van der Waals surface area contributed by atoms with Crippen molar-refractivity contribution in [1.82, 2.24) is 4.90 Å². The van der Waals surface area contributed by atoms with Gasteiger partial charge in [0.05, 0.1) is 6.07 Å². The molecule has 0 spiro atoms. The smallest absolute Gasteiger partial charge is 0.345 e. The zero-order valence-electron chi connectivity index (χ0n) is 9.36. The predicted molar refractivity (Wildman–Crippen MR) is 62.6 cm³/mol. The van der Waals surface area contributed by atoms with Gasteiger partial charge in [0, 0.05) is 24.4 Å². The molecule has 1 aromatic heterocycles. The van der Waals surface area contributed by atoms with Gasteiger partial charge in [-0.1, -0.05) is 0 Å². The zero-order chi connectivity index (χ0) is 12.1. The average molecular weight is 238 g/mol. The predicted octanol–water partition coefficient (Wildman–Crippen LogP) is 2.10. The standard InChI is InChI=1S/C11H14N2O2S/c1-8-9(6-10(16-8)11(14)15)7-13(2)5-3-4-12/h6H,3,5,7H2,1-2H3,(H,14,15). The molecule has 1 rings (SSSR count). The maximum Gasteiger partial charge on any atom is 0.345 e. The summed E-state index contributed by atoms with van der Waals surface area (Å²) in [5.41, 5.74) is 1.03. The first kappa shape index (κ1) is 12.7. The number of thiophene rings is 1. The molecule has 0 saturated heterocycles. The minimum Gasteiger partial charge on any atom is -0.477 e. The Kier molecular flexibility index (Phi) is 4.47. The van der Waals surface area contributed by atoms with Crippen LogP contribution in [0.4, 0.5) is 0 Å².